The number of primary amides is 1. The van der Waals surface area contributed by atoms with Crippen LogP contribution in [-0.4, -0.2) is 53.4 Å². The van der Waals surface area contributed by atoms with Crippen LogP contribution in [0, 0.1) is 5.92 Å². The van der Waals surface area contributed by atoms with Crippen LogP contribution in [0.4, 0.5) is 0 Å². The number of thiophene rings is 1. The number of aromatic nitrogens is 3. The summed E-state index contributed by atoms with van der Waals surface area (Å²) in [6.07, 6.45) is 2.26. The minimum atomic E-state index is -3.22. The van der Waals surface area contributed by atoms with Gasteiger partial charge in [-0.15, -0.1) is 21.5 Å². The lowest BCUT2D eigenvalue weighted by Crippen LogP contribution is -2.23. The van der Waals surface area contributed by atoms with Crippen molar-refractivity contribution in [1.29, 1.82) is 0 Å². The third-order valence-electron chi connectivity index (χ3n) is 3.94. The monoisotopic (exact) mass is 473 g/mol. The van der Waals surface area contributed by atoms with E-state index in [1.165, 1.54) is 23.1 Å². The van der Waals surface area contributed by atoms with Gasteiger partial charge >= 0.3 is 0 Å². The topological polar surface area (TPSA) is 137 Å². The molecule has 0 saturated carbocycles. The Balaban J connectivity index is 1.97. The highest BCUT2D eigenvalue weighted by atomic mass is 32.2. The maximum absolute atomic E-state index is 12.6. The number of ketones is 1. The summed E-state index contributed by atoms with van der Waals surface area (Å²) in [7, 11) is -3.22. The molecule has 0 aliphatic rings. The summed E-state index contributed by atoms with van der Waals surface area (Å²) in [6, 6.07) is 3.61. The fourth-order valence-corrected chi connectivity index (χ4v) is 4.98. The van der Waals surface area contributed by atoms with E-state index in [0.717, 1.165) is 11.1 Å². The predicted octanol–water partition coefficient (Wildman–Crippen LogP) is 1.48. The molecule has 0 unspecified atom stereocenters. The van der Waals surface area contributed by atoms with Crippen molar-refractivity contribution in [3.63, 3.8) is 0 Å². The molecule has 2 rings (SSSR count). The van der Waals surface area contributed by atoms with Gasteiger partial charge in [-0.25, -0.2) is 13.1 Å². The van der Waals surface area contributed by atoms with Gasteiger partial charge in [-0.05, 0) is 24.5 Å². The number of hydrogen-bond donors (Lipinski definition) is 2. The highest BCUT2D eigenvalue weighted by molar-refractivity contribution is 7.99. The Labute approximate surface area is 184 Å². The van der Waals surface area contributed by atoms with Crippen LogP contribution in [0.3, 0.4) is 0 Å². The first kappa shape index (κ1) is 24.5. The van der Waals surface area contributed by atoms with E-state index in [1.807, 2.05) is 10.6 Å². The molecule has 0 atom stereocenters. The number of carbonyl (C=O) groups is 2. The molecule has 3 N–H and O–H groups in total. The van der Waals surface area contributed by atoms with Gasteiger partial charge in [-0.3, -0.25) is 9.59 Å². The van der Waals surface area contributed by atoms with Crippen LogP contribution in [0.25, 0.3) is 0 Å². The molecular weight excluding hydrogens is 446 g/mol. The SMILES string of the molecule is CC(C)Cn1c(CCC(N)=O)nnc1SCC(=O)c1ccc(CCNS(C)(=O)=O)s1. The van der Waals surface area contributed by atoms with Crippen molar-refractivity contribution in [2.45, 2.75) is 44.8 Å². The van der Waals surface area contributed by atoms with Gasteiger partial charge in [-0.1, -0.05) is 25.6 Å². The number of nitrogens with zero attached hydrogens (tertiary/aromatic N) is 3. The Hall–Kier alpha value is -1.76. The molecule has 0 spiro atoms. The van der Waals surface area contributed by atoms with E-state index in [2.05, 4.69) is 28.8 Å². The second kappa shape index (κ2) is 11.0. The van der Waals surface area contributed by atoms with Crippen molar-refractivity contribution >= 4 is 44.8 Å². The maximum Gasteiger partial charge on any atom is 0.217 e. The number of nitrogens with two attached hydrogens (primary N) is 1. The van der Waals surface area contributed by atoms with E-state index in [9.17, 15) is 18.0 Å². The van der Waals surface area contributed by atoms with Gasteiger partial charge in [0.2, 0.25) is 15.9 Å². The fourth-order valence-electron chi connectivity index (χ4n) is 2.62. The number of sulfonamides is 1. The molecule has 0 saturated heterocycles. The Morgan fingerprint density at radius 1 is 1.27 bits per heavy atom. The zero-order valence-electron chi connectivity index (χ0n) is 17.3. The van der Waals surface area contributed by atoms with Gasteiger partial charge in [0.05, 0.1) is 16.9 Å². The van der Waals surface area contributed by atoms with Crippen LogP contribution < -0.4 is 10.5 Å². The molecule has 0 aliphatic carbocycles. The molecule has 2 heterocycles. The highest BCUT2D eigenvalue weighted by Crippen LogP contribution is 2.23. The zero-order valence-corrected chi connectivity index (χ0v) is 19.7. The first-order valence-electron chi connectivity index (χ1n) is 9.45. The van der Waals surface area contributed by atoms with Gasteiger partial charge in [0, 0.05) is 30.8 Å². The standard InChI is InChI=1S/C18H27N5O4S3/c1-12(2)10-23-17(7-6-16(19)25)21-22-18(23)28-11-14(24)15-5-4-13(29-15)8-9-20-30(3,26)27/h4-5,12,20H,6-11H2,1-3H3,(H2,19,25). The molecule has 0 radical (unpaired) electrons. The van der Waals surface area contributed by atoms with E-state index in [1.54, 1.807) is 6.07 Å². The summed E-state index contributed by atoms with van der Waals surface area (Å²) < 4.78 is 26.6. The van der Waals surface area contributed by atoms with Crippen molar-refractivity contribution in [1.82, 2.24) is 19.5 Å². The molecule has 166 valence electrons. The summed E-state index contributed by atoms with van der Waals surface area (Å²) in [5.41, 5.74) is 5.24. The number of aryl methyl sites for hydroxylation is 1. The van der Waals surface area contributed by atoms with Crippen molar-refractivity contribution in [2.24, 2.45) is 11.7 Å². The second-order valence-electron chi connectivity index (χ2n) is 7.26. The van der Waals surface area contributed by atoms with Crippen LogP contribution >= 0.6 is 23.1 Å². The number of nitrogens with one attached hydrogen (secondary N) is 1. The number of rotatable bonds is 13. The largest absolute Gasteiger partial charge is 0.370 e. The summed E-state index contributed by atoms with van der Waals surface area (Å²) in [4.78, 5) is 25.2. The lowest BCUT2D eigenvalue weighted by molar-refractivity contribution is -0.118. The summed E-state index contributed by atoms with van der Waals surface area (Å²) in [5, 5.41) is 9.00. The lowest BCUT2D eigenvalue weighted by atomic mass is 10.2. The Morgan fingerprint density at radius 2 is 2.00 bits per heavy atom. The maximum atomic E-state index is 12.6. The third-order valence-corrected chi connectivity index (χ3v) is 6.82. The van der Waals surface area contributed by atoms with E-state index in [4.69, 9.17) is 5.73 Å². The molecule has 1 amide bonds. The van der Waals surface area contributed by atoms with E-state index in [-0.39, 0.29) is 18.0 Å². The van der Waals surface area contributed by atoms with Crippen LogP contribution in [0.1, 0.15) is 40.6 Å². The molecular formula is C18H27N5O4S3. The Kier molecular flexibility index (Phi) is 9.01. The molecule has 30 heavy (non-hydrogen) atoms. The molecule has 0 fully saturated rings. The fraction of sp³-hybridized carbons (Fsp3) is 0.556. The molecule has 9 nitrogen and oxygen atoms in total. The van der Waals surface area contributed by atoms with Gasteiger partial charge in [0.1, 0.15) is 5.82 Å². The Bertz CT molecular complexity index is 982. The van der Waals surface area contributed by atoms with Crippen molar-refractivity contribution in [2.75, 3.05) is 18.6 Å². The highest BCUT2D eigenvalue weighted by Gasteiger charge is 2.17. The predicted molar refractivity (Wildman–Crippen MR) is 118 cm³/mol. The lowest BCUT2D eigenvalue weighted by Gasteiger charge is -2.11. The average molecular weight is 474 g/mol. The quantitative estimate of drug-likeness (QED) is 0.332. The van der Waals surface area contributed by atoms with Crippen molar-refractivity contribution < 1.29 is 18.0 Å². The van der Waals surface area contributed by atoms with Gasteiger partial charge in [-0.2, -0.15) is 0 Å². The normalized spacial score (nSPS) is 11.9. The van der Waals surface area contributed by atoms with E-state index < -0.39 is 15.9 Å². The molecule has 0 aromatic carbocycles. The van der Waals surface area contributed by atoms with Gasteiger partial charge in [0.15, 0.2) is 10.9 Å². The molecule has 0 bridgehead atoms. The summed E-state index contributed by atoms with van der Waals surface area (Å²) in [6.45, 7) is 5.13. The minimum absolute atomic E-state index is 0.0231. The molecule has 2 aromatic heterocycles. The second-order valence-corrected chi connectivity index (χ2v) is 11.2. The summed E-state index contributed by atoms with van der Waals surface area (Å²) >= 11 is 2.68. The number of amides is 1. The first-order chi connectivity index (χ1) is 14.0. The van der Waals surface area contributed by atoms with Crippen LogP contribution in [0.15, 0.2) is 17.3 Å². The first-order valence-corrected chi connectivity index (χ1v) is 13.1. The average Bonchev–Trinajstić information content (AvgIpc) is 3.24. The van der Waals surface area contributed by atoms with E-state index in [0.29, 0.717) is 47.7 Å². The van der Waals surface area contributed by atoms with Crippen molar-refractivity contribution in [3.05, 3.63) is 27.7 Å². The number of thioether (sulfide) groups is 1. The third kappa shape index (κ3) is 8.17. The van der Waals surface area contributed by atoms with Crippen LogP contribution in [-0.2, 0) is 34.2 Å². The number of Topliss-reactive ketones (excluding diaryl/α,β-unsaturated/α-hetero) is 1. The van der Waals surface area contributed by atoms with Crippen molar-refractivity contribution in [3.8, 4) is 0 Å². The molecule has 0 aliphatic heterocycles. The smallest absolute Gasteiger partial charge is 0.217 e. The zero-order chi connectivity index (χ0) is 22.3. The molecule has 2 aromatic rings. The van der Waals surface area contributed by atoms with Crippen LogP contribution in [0.2, 0.25) is 0 Å². The molecule has 12 heteroatoms. The Morgan fingerprint density at radius 3 is 2.63 bits per heavy atom. The van der Waals surface area contributed by atoms with Gasteiger partial charge < -0.3 is 10.3 Å². The minimum Gasteiger partial charge on any atom is -0.370 e. The van der Waals surface area contributed by atoms with E-state index >= 15 is 0 Å². The number of carbonyl (C=O) groups excluding carboxylic acids is 2. The van der Waals surface area contributed by atoms with Crippen LogP contribution in [0.5, 0.6) is 0 Å². The van der Waals surface area contributed by atoms with Gasteiger partial charge in [0.25, 0.3) is 0 Å². The summed E-state index contributed by atoms with van der Waals surface area (Å²) in [5.74, 6) is 0.843. The number of hydrogen-bond acceptors (Lipinski definition) is 8.